The number of benzene rings is 1. The van der Waals surface area contributed by atoms with E-state index in [1.165, 1.54) is 6.26 Å². The van der Waals surface area contributed by atoms with Gasteiger partial charge in [-0.05, 0) is 30.5 Å². The lowest BCUT2D eigenvalue weighted by Crippen LogP contribution is -2.40. The lowest BCUT2D eigenvalue weighted by molar-refractivity contribution is -0.126. The summed E-state index contributed by atoms with van der Waals surface area (Å²) in [6.45, 7) is 0. The van der Waals surface area contributed by atoms with Crippen molar-refractivity contribution in [1.29, 1.82) is 0 Å². The first-order valence-electron chi connectivity index (χ1n) is 6.49. The molecular formula is C15H15ClO3. The molecule has 1 N–H and O–H groups in total. The fraction of sp³-hybridized carbons (Fsp3) is 0.400. The summed E-state index contributed by atoms with van der Waals surface area (Å²) >= 11 is 5.85. The van der Waals surface area contributed by atoms with Crippen molar-refractivity contribution >= 4 is 23.0 Å². The van der Waals surface area contributed by atoms with Crippen LogP contribution in [0.2, 0.25) is 5.02 Å². The fourth-order valence-corrected chi connectivity index (χ4v) is 2.94. The maximum absolute atomic E-state index is 12.5. The second kappa shape index (κ2) is 4.99. The third-order valence-electron chi connectivity index (χ3n) is 3.88. The summed E-state index contributed by atoms with van der Waals surface area (Å²) in [5.41, 5.74) is 1.44. The molecule has 0 radical (unpaired) electrons. The van der Waals surface area contributed by atoms with Gasteiger partial charge in [-0.2, -0.15) is 0 Å². The van der Waals surface area contributed by atoms with Gasteiger partial charge in [-0.25, -0.2) is 0 Å². The molecule has 3 rings (SSSR count). The van der Waals surface area contributed by atoms with Gasteiger partial charge in [-0.1, -0.05) is 23.7 Å². The van der Waals surface area contributed by atoms with E-state index in [1.807, 2.05) is 12.1 Å². The molecule has 1 saturated carbocycles. The Bertz CT molecular complexity index is 521. The van der Waals surface area contributed by atoms with E-state index in [4.69, 9.17) is 16.3 Å². The number of carbonyl (C=O) groups is 1. The number of aliphatic hydroxyl groups is 1. The Balaban J connectivity index is 1.88. The lowest BCUT2D eigenvalue weighted by atomic mass is 9.78. The predicted octanol–water partition coefficient (Wildman–Crippen LogP) is 2.81. The number of carbonyl (C=O) groups excluding carboxylic acids is 1. The standard InChI is InChI=1S/C15H15ClO3/c16-10-3-1-9(2-4-10)13-8-19-14-7-11(17)5-6-12(14)15(13)18/h1-4,8,11-12,14,17H,5-7H2. The molecule has 1 aliphatic heterocycles. The van der Waals surface area contributed by atoms with Crippen LogP contribution >= 0.6 is 11.6 Å². The number of allylic oxidation sites excluding steroid dienone is 1. The van der Waals surface area contributed by atoms with E-state index < -0.39 is 0 Å². The van der Waals surface area contributed by atoms with E-state index in [1.54, 1.807) is 12.1 Å². The number of Topliss-reactive ketones (excluding diaryl/α,β-unsaturated/α-hetero) is 1. The van der Waals surface area contributed by atoms with Crippen molar-refractivity contribution in [3.63, 3.8) is 0 Å². The highest BCUT2D eigenvalue weighted by Gasteiger charge is 2.39. The van der Waals surface area contributed by atoms with Gasteiger partial charge in [0.2, 0.25) is 0 Å². The average molecular weight is 279 g/mol. The van der Waals surface area contributed by atoms with Gasteiger partial charge in [-0.15, -0.1) is 0 Å². The Morgan fingerprint density at radius 2 is 1.95 bits per heavy atom. The molecule has 0 saturated heterocycles. The minimum atomic E-state index is -0.348. The van der Waals surface area contributed by atoms with Gasteiger partial charge < -0.3 is 9.84 Å². The van der Waals surface area contributed by atoms with Crippen molar-refractivity contribution in [2.75, 3.05) is 0 Å². The summed E-state index contributed by atoms with van der Waals surface area (Å²) < 4.78 is 5.64. The van der Waals surface area contributed by atoms with Crippen LogP contribution < -0.4 is 0 Å². The Labute approximate surface area is 116 Å². The largest absolute Gasteiger partial charge is 0.496 e. The van der Waals surface area contributed by atoms with Crippen LogP contribution in [0.1, 0.15) is 24.8 Å². The van der Waals surface area contributed by atoms with Gasteiger partial charge in [0.1, 0.15) is 6.10 Å². The van der Waals surface area contributed by atoms with Crippen LogP contribution in [-0.2, 0) is 9.53 Å². The minimum Gasteiger partial charge on any atom is -0.496 e. The molecule has 0 amide bonds. The van der Waals surface area contributed by atoms with Crippen molar-refractivity contribution in [1.82, 2.24) is 0 Å². The van der Waals surface area contributed by atoms with Gasteiger partial charge >= 0.3 is 0 Å². The van der Waals surface area contributed by atoms with Crippen LogP contribution in [0, 0.1) is 5.92 Å². The number of rotatable bonds is 1. The lowest BCUT2D eigenvalue weighted by Gasteiger charge is -2.36. The van der Waals surface area contributed by atoms with Crippen molar-refractivity contribution < 1.29 is 14.6 Å². The molecule has 1 aliphatic carbocycles. The van der Waals surface area contributed by atoms with Gasteiger partial charge in [0.25, 0.3) is 0 Å². The van der Waals surface area contributed by atoms with Crippen LogP contribution in [0.5, 0.6) is 0 Å². The molecule has 100 valence electrons. The molecular weight excluding hydrogens is 264 g/mol. The van der Waals surface area contributed by atoms with E-state index in [2.05, 4.69) is 0 Å². The van der Waals surface area contributed by atoms with E-state index in [0.29, 0.717) is 29.9 Å². The topological polar surface area (TPSA) is 46.5 Å². The maximum atomic E-state index is 12.5. The van der Waals surface area contributed by atoms with Crippen LogP contribution in [0.4, 0.5) is 0 Å². The third-order valence-corrected chi connectivity index (χ3v) is 4.13. The first-order valence-corrected chi connectivity index (χ1v) is 6.87. The molecule has 3 nitrogen and oxygen atoms in total. The summed E-state index contributed by atoms with van der Waals surface area (Å²) in [5, 5.41) is 10.3. The number of ether oxygens (including phenoxy) is 1. The molecule has 0 bridgehead atoms. The van der Waals surface area contributed by atoms with E-state index in [9.17, 15) is 9.90 Å². The molecule has 0 aromatic heterocycles. The van der Waals surface area contributed by atoms with Gasteiger partial charge in [0.05, 0.1) is 23.9 Å². The highest BCUT2D eigenvalue weighted by molar-refractivity contribution is 6.30. The van der Waals surface area contributed by atoms with E-state index in [-0.39, 0.29) is 23.9 Å². The molecule has 1 aromatic rings. The molecule has 4 heteroatoms. The number of hydrogen-bond acceptors (Lipinski definition) is 3. The van der Waals surface area contributed by atoms with Crippen LogP contribution in [0.15, 0.2) is 30.5 Å². The second-order valence-electron chi connectivity index (χ2n) is 5.15. The van der Waals surface area contributed by atoms with Gasteiger partial charge in [0.15, 0.2) is 5.78 Å². The van der Waals surface area contributed by atoms with E-state index in [0.717, 1.165) is 5.56 Å². The zero-order valence-corrected chi connectivity index (χ0v) is 11.1. The molecule has 1 fully saturated rings. The molecule has 19 heavy (non-hydrogen) atoms. The summed E-state index contributed by atoms with van der Waals surface area (Å²) in [4.78, 5) is 12.5. The van der Waals surface area contributed by atoms with Crippen LogP contribution in [0.3, 0.4) is 0 Å². The first-order chi connectivity index (χ1) is 9.15. The fourth-order valence-electron chi connectivity index (χ4n) is 2.81. The van der Waals surface area contributed by atoms with Crippen LogP contribution in [-0.4, -0.2) is 23.1 Å². The Hall–Kier alpha value is -1.32. The number of hydrogen-bond donors (Lipinski definition) is 1. The van der Waals surface area contributed by atoms with E-state index >= 15 is 0 Å². The molecule has 1 aromatic carbocycles. The number of aliphatic hydroxyl groups excluding tert-OH is 1. The summed E-state index contributed by atoms with van der Waals surface area (Å²) in [5.74, 6) is -0.00968. The second-order valence-corrected chi connectivity index (χ2v) is 5.59. The molecule has 2 aliphatic rings. The van der Waals surface area contributed by atoms with Crippen molar-refractivity contribution in [3.05, 3.63) is 41.1 Å². The Morgan fingerprint density at radius 1 is 1.21 bits per heavy atom. The highest BCUT2D eigenvalue weighted by atomic mass is 35.5. The number of ketones is 1. The molecule has 0 spiro atoms. The Morgan fingerprint density at radius 3 is 2.68 bits per heavy atom. The quantitative estimate of drug-likeness (QED) is 0.859. The smallest absolute Gasteiger partial charge is 0.173 e. The monoisotopic (exact) mass is 278 g/mol. The van der Waals surface area contributed by atoms with Crippen molar-refractivity contribution in [3.8, 4) is 0 Å². The van der Waals surface area contributed by atoms with Gasteiger partial charge in [-0.3, -0.25) is 4.79 Å². The summed E-state index contributed by atoms with van der Waals surface area (Å²) in [7, 11) is 0. The molecule has 3 atom stereocenters. The normalized spacial score (nSPS) is 30.3. The van der Waals surface area contributed by atoms with Crippen LogP contribution in [0.25, 0.3) is 5.57 Å². The highest BCUT2D eigenvalue weighted by Crippen LogP contribution is 2.36. The number of fused-ring (bicyclic) bond motifs is 1. The number of halogens is 1. The zero-order chi connectivity index (χ0) is 13.4. The van der Waals surface area contributed by atoms with Crippen molar-refractivity contribution in [2.45, 2.75) is 31.5 Å². The third kappa shape index (κ3) is 2.40. The molecule has 3 unspecified atom stereocenters. The SMILES string of the molecule is O=C1C(c2ccc(Cl)cc2)=COC2CC(O)CCC12. The van der Waals surface area contributed by atoms with Gasteiger partial charge in [0, 0.05) is 11.4 Å². The van der Waals surface area contributed by atoms with Crippen molar-refractivity contribution in [2.24, 2.45) is 5.92 Å². The average Bonchev–Trinajstić information content (AvgIpc) is 2.40. The molecule has 1 heterocycles. The summed E-state index contributed by atoms with van der Waals surface area (Å²) in [6, 6.07) is 7.18. The first kappa shape index (κ1) is 12.7. The predicted molar refractivity (Wildman–Crippen MR) is 72.7 cm³/mol. The minimum absolute atomic E-state index is 0.116. The maximum Gasteiger partial charge on any atom is 0.173 e. The Kier molecular flexibility index (Phi) is 3.33. The zero-order valence-electron chi connectivity index (χ0n) is 10.4. The summed E-state index contributed by atoms with van der Waals surface area (Å²) in [6.07, 6.45) is 2.91.